The van der Waals surface area contributed by atoms with Crippen LogP contribution in [0.1, 0.15) is 73.6 Å². The lowest BCUT2D eigenvalue weighted by molar-refractivity contribution is -0.117. The van der Waals surface area contributed by atoms with Crippen LogP contribution in [0.2, 0.25) is 0 Å². The predicted octanol–water partition coefficient (Wildman–Crippen LogP) is 4.92. The molecule has 0 bridgehead atoms. The van der Waals surface area contributed by atoms with Crippen LogP contribution in [0.5, 0.6) is 0 Å². The Morgan fingerprint density at radius 3 is 2.41 bits per heavy atom. The van der Waals surface area contributed by atoms with E-state index in [2.05, 4.69) is 55.7 Å². The maximum Gasteiger partial charge on any atom is 0.228 e. The Bertz CT molecular complexity index is 917. The van der Waals surface area contributed by atoms with Crippen LogP contribution in [0.4, 0.5) is 11.4 Å². The second kappa shape index (κ2) is 6.84. The average Bonchev–Trinajstić information content (AvgIpc) is 3.00. The van der Waals surface area contributed by atoms with E-state index in [0.717, 1.165) is 23.4 Å². The van der Waals surface area contributed by atoms with Crippen molar-refractivity contribution in [3.8, 4) is 0 Å². The molecule has 0 saturated heterocycles. The Labute approximate surface area is 160 Å². The number of rotatable bonds is 4. The average molecular weight is 362 g/mol. The summed E-state index contributed by atoms with van der Waals surface area (Å²) in [5, 5.41) is 6.12. The van der Waals surface area contributed by atoms with Gasteiger partial charge in [-0.25, -0.2) is 0 Å². The van der Waals surface area contributed by atoms with Crippen molar-refractivity contribution in [1.29, 1.82) is 0 Å². The van der Waals surface area contributed by atoms with E-state index in [-0.39, 0.29) is 23.7 Å². The SMILES string of the molecule is CC(C)c1cccc2c1NC(=O)CC2CC(C)c1cccc2c1NC(=O)C2. The second-order valence-corrected chi connectivity index (χ2v) is 8.16. The number of nitrogens with one attached hydrogen (secondary N) is 2. The standard InChI is InChI=1S/C23H26N2O2/c1-13(2)17-7-5-9-19-16(12-21(27)25-23(17)19)10-14(3)18-8-4-6-15-11-20(26)24-22(15)18/h4-9,13-14,16H,10-12H2,1-3H3,(H,24,26)(H,25,27). The summed E-state index contributed by atoms with van der Waals surface area (Å²) in [6.07, 6.45) is 1.86. The zero-order valence-electron chi connectivity index (χ0n) is 16.1. The highest BCUT2D eigenvalue weighted by Gasteiger charge is 2.30. The number of fused-ring (bicyclic) bond motifs is 2. The molecule has 0 saturated carbocycles. The molecule has 140 valence electrons. The van der Waals surface area contributed by atoms with Crippen LogP contribution >= 0.6 is 0 Å². The first-order valence-electron chi connectivity index (χ1n) is 9.78. The minimum Gasteiger partial charge on any atom is -0.326 e. The molecule has 2 amide bonds. The maximum atomic E-state index is 12.4. The highest BCUT2D eigenvalue weighted by molar-refractivity contribution is 6.00. The van der Waals surface area contributed by atoms with Gasteiger partial charge in [0.2, 0.25) is 11.8 Å². The van der Waals surface area contributed by atoms with Gasteiger partial charge in [0.1, 0.15) is 0 Å². The summed E-state index contributed by atoms with van der Waals surface area (Å²) in [7, 11) is 0. The topological polar surface area (TPSA) is 58.2 Å². The summed E-state index contributed by atoms with van der Waals surface area (Å²) in [6.45, 7) is 6.51. The van der Waals surface area contributed by atoms with Gasteiger partial charge in [-0.1, -0.05) is 57.2 Å². The van der Waals surface area contributed by atoms with Gasteiger partial charge in [-0.05, 0) is 46.4 Å². The minimum absolute atomic E-state index is 0.0635. The Kier molecular flexibility index (Phi) is 4.50. The van der Waals surface area contributed by atoms with Crippen LogP contribution in [0.3, 0.4) is 0 Å². The van der Waals surface area contributed by atoms with E-state index in [1.807, 2.05) is 12.1 Å². The van der Waals surface area contributed by atoms with E-state index >= 15 is 0 Å². The fraction of sp³-hybridized carbons (Fsp3) is 0.391. The number of amides is 2. The molecule has 4 nitrogen and oxygen atoms in total. The summed E-state index contributed by atoms with van der Waals surface area (Å²) in [6, 6.07) is 12.5. The number of carbonyl (C=O) groups is 2. The van der Waals surface area contributed by atoms with Gasteiger partial charge < -0.3 is 10.6 Å². The van der Waals surface area contributed by atoms with Crippen molar-refractivity contribution < 1.29 is 9.59 Å². The number of para-hydroxylation sites is 2. The van der Waals surface area contributed by atoms with Crippen molar-refractivity contribution in [2.24, 2.45) is 0 Å². The summed E-state index contributed by atoms with van der Waals surface area (Å²) >= 11 is 0. The van der Waals surface area contributed by atoms with Gasteiger partial charge in [-0.15, -0.1) is 0 Å². The Morgan fingerprint density at radius 2 is 1.63 bits per heavy atom. The van der Waals surface area contributed by atoms with Crippen LogP contribution in [0.15, 0.2) is 36.4 Å². The fourth-order valence-electron chi connectivity index (χ4n) is 4.53. The van der Waals surface area contributed by atoms with Crippen molar-refractivity contribution in [2.75, 3.05) is 10.6 Å². The number of benzene rings is 2. The molecule has 0 spiro atoms. The first-order chi connectivity index (χ1) is 12.9. The molecule has 2 atom stereocenters. The van der Waals surface area contributed by atoms with Gasteiger partial charge in [0.05, 0.1) is 6.42 Å². The van der Waals surface area contributed by atoms with Crippen molar-refractivity contribution in [2.45, 2.75) is 57.8 Å². The number of carbonyl (C=O) groups excluding carboxylic acids is 2. The molecule has 2 aromatic carbocycles. The molecule has 2 aliphatic rings. The molecule has 4 heteroatoms. The third-order valence-electron chi connectivity index (χ3n) is 5.85. The molecule has 27 heavy (non-hydrogen) atoms. The number of hydrogen-bond acceptors (Lipinski definition) is 2. The smallest absolute Gasteiger partial charge is 0.228 e. The third kappa shape index (κ3) is 3.25. The molecule has 2 N–H and O–H groups in total. The molecule has 2 heterocycles. The van der Waals surface area contributed by atoms with Gasteiger partial charge in [-0.2, -0.15) is 0 Å². The molecule has 2 aromatic rings. The fourth-order valence-corrected chi connectivity index (χ4v) is 4.53. The second-order valence-electron chi connectivity index (χ2n) is 8.16. The van der Waals surface area contributed by atoms with Crippen LogP contribution in [0.25, 0.3) is 0 Å². The molecule has 0 fully saturated rings. The van der Waals surface area contributed by atoms with Crippen LogP contribution in [-0.2, 0) is 16.0 Å². The summed E-state index contributed by atoms with van der Waals surface area (Å²) < 4.78 is 0. The van der Waals surface area contributed by atoms with Crippen molar-refractivity contribution >= 4 is 23.2 Å². The highest BCUT2D eigenvalue weighted by Crippen LogP contribution is 2.43. The van der Waals surface area contributed by atoms with Gasteiger partial charge >= 0.3 is 0 Å². The van der Waals surface area contributed by atoms with Crippen LogP contribution in [-0.4, -0.2) is 11.8 Å². The zero-order chi connectivity index (χ0) is 19.1. The summed E-state index contributed by atoms with van der Waals surface area (Å²) in [5.41, 5.74) is 6.67. The molecule has 0 aliphatic carbocycles. The van der Waals surface area contributed by atoms with Gasteiger partial charge in [-0.3, -0.25) is 9.59 Å². The lowest BCUT2D eigenvalue weighted by Gasteiger charge is -2.30. The highest BCUT2D eigenvalue weighted by atomic mass is 16.2. The van der Waals surface area contributed by atoms with Gasteiger partial charge in [0.25, 0.3) is 0 Å². The van der Waals surface area contributed by atoms with E-state index in [0.29, 0.717) is 18.8 Å². The van der Waals surface area contributed by atoms with Gasteiger partial charge in [0.15, 0.2) is 0 Å². The first-order valence-corrected chi connectivity index (χ1v) is 9.78. The largest absolute Gasteiger partial charge is 0.326 e. The van der Waals surface area contributed by atoms with Crippen molar-refractivity contribution in [1.82, 2.24) is 0 Å². The van der Waals surface area contributed by atoms with Crippen LogP contribution < -0.4 is 10.6 Å². The molecule has 4 rings (SSSR count). The quantitative estimate of drug-likeness (QED) is 0.811. The lowest BCUT2D eigenvalue weighted by atomic mass is 9.79. The molecule has 0 radical (unpaired) electrons. The zero-order valence-corrected chi connectivity index (χ0v) is 16.1. The van der Waals surface area contributed by atoms with Crippen LogP contribution in [0, 0.1) is 0 Å². The van der Waals surface area contributed by atoms with E-state index < -0.39 is 0 Å². The van der Waals surface area contributed by atoms with E-state index in [1.165, 1.54) is 16.7 Å². The predicted molar refractivity (Wildman–Crippen MR) is 108 cm³/mol. The van der Waals surface area contributed by atoms with Crippen molar-refractivity contribution in [3.05, 3.63) is 58.7 Å². The Hall–Kier alpha value is -2.62. The van der Waals surface area contributed by atoms with E-state index in [4.69, 9.17) is 0 Å². The molecular weight excluding hydrogens is 336 g/mol. The maximum absolute atomic E-state index is 12.4. The molecule has 0 aromatic heterocycles. The monoisotopic (exact) mass is 362 g/mol. The normalized spacial score (nSPS) is 19.3. The van der Waals surface area contributed by atoms with Gasteiger partial charge in [0, 0.05) is 17.8 Å². The van der Waals surface area contributed by atoms with Crippen molar-refractivity contribution in [3.63, 3.8) is 0 Å². The Morgan fingerprint density at radius 1 is 0.926 bits per heavy atom. The first kappa shape index (κ1) is 17.8. The van der Waals surface area contributed by atoms with E-state index in [9.17, 15) is 9.59 Å². The third-order valence-corrected chi connectivity index (χ3v) is 5.85. The molecule has 2 unspecified atom stereocenters. The number of hydrogen-bond donors (Lipinski definition) is 2. The lowest BCUT2D eigenvalue weighted by Crippen LogP contribution is -2.25. The number of anilines is 2. The summed E-state index contributed by atoms with van der Waals surface area (Å²) in [4.78, 5) is 24.2. The van der Waals surface area contributed by atoms with E-state index in [1.54, 1.807) is 0 Å². The molecular formula is C23H26N2O2. The molecule has 2 aliphatic heterocycles. The minimum atomic E-state index is 0.0635. The Balaban J connectivity index is 1.65. The summed E-state index contributed by atoms with van der Waals surface area (Å²) in [5.74, 6) is 0.970.